The molecule has 4 heterocycles. The molecule has 3 aliphatic heterocycles. The van der Waals surface area contributed by atoms with Crippen molar-refractivity contribution in [2.75, 3.05) is 37.5 Å². The summed E-state index contributed by atoms with van der Waals surface area (Å²) < 4.78 is 29.2. The number of benzene rings is 3. The van der Waals surface area contributed by atoms with E-state index in [2.05, 4.69) is 10.6 Å². The molecule has 18 heteroatoms. The summed E-state index contributed by atoms with van der Waals surface area (Å²) in [5.74, 6) is -6.40. The van der Waals surface area contributed by atoms with Crippen LogP contribution in [0.2, 0.25) is 0 Å². The molecule has 66 heavy (non-hydrogen) atoms. The fourth-order valence-electron chi connectivity index (χ4n) is 9.18. The molecule has 3 aromatic carbocycles. The van der Waals surface area contributed by atoms with Crippen molar-refractivity contribution in [2.45, 2.75) is 97.6 Å². The van der Waals surface area contributed by atoms with Crippen LogP contribution < -0.4 is 36.3 Å². The van der Waals surface area contributed by atoms with Crippen molar-refractivity contribution in [3.05, 3.63) is 79.5 Å². The number of anilines is 2. The van der Waals surface area contributed by atoms with E-state index in [1.165, 1.54) is 59.5 Å². The topological polar surface area (TPSA) is 260 Å². The highest BCUT2D eigenvalue weighted by atomic mass is 16.7. The minimum absolute atomic E-state index is 0.0264. The lowest BCUT2D eigenvalue weighted by molar-refractivity contribution is -0.112. The first-order chi connectivity index (χ1) is 31.2. The lowest BCUT2D eigenvalue weighted by Gasteiger charge is -2.36. The summed E-state index contributed by atoms with van der Waals surface area (Å²) in [5.41, 5.74) is -1.80. The molecule has 5 bridgehead atoms. The molecule has 1 aromatic heterocycles. The van der Waals surface area contributed by atoms with Gasteiger partial charge in [-0.1, -0.05) is 45.9 Å². The second-order valence-electron chi connectivity index (χ2n) is 17.9. The van der Waals surface area contributed by atoms with E-state index in [-0.39, 0.29) is 61.1 Å². The van der Waals surface area contributed by atoms with Crippen molar-refractivity contribution in [1.29, 1.82) is 0 Å². The lowest BCUT2D eigenvalue weighted by Crippen LogP contribution is -2.44. The van der Waals surface area contributed by atoms with Crippen molar-refractivity contribution < 1.29 is 58.5 Å². The number of amides is 2. The molecular formula is C48H58N4O14. The molecule has 18 nitrogen and oxygen atoms in total. The Morgan fingerprint density at radius 2 is 1.59 bits per heavy atom. The van der Waals surface area contributed by atoms with Crippen molar-refractivity contribution in [3.63, 3.8) is 0 Å². The highest BCUT2D eigenvalue weighted by Crippen LogP contribution is 2.42. The number of aliphatic hydroxyl groups is 4. The summed E-state index contributed by atoms with van der Waals surface area (Å²) in [6.07, 6.45) is 3.90. The van der Waals surface area contributed by atoms with Gasteiger partial charge in [-0.25, -0.2) is 9.78 Å². The normalized spacial score (nSPS) is 29.9. The Morgan fingerprint density at radius 1 is 0.924 bits per heavy atom. The Labute approximate surface area is 379 Å². The Kier molecular flexibility index (Phi) is 13.4. The summed E-state index contributed by atoms with van der Waals surface area (Å²) >= 11 is 0. The van der Waals surface area contributed by atoms with E-state index >= 15 is 0 Å². The van der Waals surface area contributed by atoms with Crippen LogP contribution >= 0.6 is 0 Å². The van der Waals surface area contributed by atoms with Crippen molar-refractivity contribution in [2.24, 2.45) is 23.7 Å². The standard InChI is InChI=1S/C48H58N4O14/c1-21-11-10-12-22(2)46(60)51-37-42(58)33-32(36-44(37)65-31-20-28(19-29(53)35(31)50-36)52-16-13-27(14-17-52)49-47(61)63-9)34-43(26(6)41(33)57)66-48(7,45(34)59)64-18-15-30(62-8)23(3)39(55)25(5)40(56)24(4)38(21)54/h10-12,15,18-21,23-25,27,30,38-40,54-57,59H,13-14,16-17H2,1-9H3,(H,49,61)(H,51,60)/b11-10+,18-15+,22-12-/t21-,23+,24+,25-,30-,38-,39+,40+,48-/m0/s1. The van der Waals surface area contributed by atoms with Crippen LogP contribution in [-0.4, -0.2) is 106 Å². The summed E-state index contributed by atoms with van der Waals surface area (Å²) in [6, 6.07) is 2.85. The highest BCUT2D eigenvalue weighted by Gasteiger charge is 2.44. The van der Waals surface area contributed by atoms with E-state index < -0.39 is 93.9 Å². The minimum Gasteiger partial charge on any atom is -0.507 e. The van der Waals surface area contributed by atoms with Gasteiger partial charge in [0.05, 0.1) is 48.4 Å². The quantitative estimate of drug-likeness (QED) is 0.112. The number of methoxy groups -OCH3 is 2. The Morgan fingerprint density at radius 3 is 2.26 bits per heavy atom. The number of ether oxygens (including phenoxy) is 4. The lowest BCUT2D eigenvalue weighted by atomic mass is 9.78. The third-order valence-electron chi connectivity index (χ3n) is 13.5. The molecule has 354 valence electrons. The zero-order valence-electron chi connectivity index (χ0n) is 38.4. The van der Waals surface area contributed by atoms with Gasteiger partial charge in [0.2, 0.25) is 10.9 Å². The Hall–Kier alpha value is -6.21. The summed E-state index contributed by atoms with van der Waals surface area (Å²) in [7, 11) is 2.72. The van der Waals surface area contributed by atoms with E-state index in [1.54, 1.807) is 45.9 Å². The molecule has 7 rings (SSSR count). The van der Waals surface area contributed by atoms with Crippen molar-refractivity contribution in [3.8, 4) is 11.5 Å². The average Bonchev–Trinajstić information content (AvgIpc) is 3.57. The number of allylic oxidation sites excluding steroid dienone is 2. The van der Waals surface area contributed by atoms with Gasteiger partial charge in [-0.2, -0.15) is 0 Å². The molecule has 2 amide bonds. The van der Waals surface area contributed by atoms with Gasteiger partial charge in [0.1, 0.15) is 22.7 Å². The third-order valence-corrected chi connectivity index (χ3v) is 13.5. The number of carbonyl (C=O) groups excluding carboxylic acids is 2. The number of aliphatic hydroxyl groups excluding tert-OH is 4. The molecule has 9 atom stereocenters. The van der Waals surface area contributed by atoms with Crippen LogP contribution in [0.25, 0.3) is 38.7 Å². The molecule has 1 saturated heterocycles. The molecule has 3 aliphatic rings. The van der Waals surface area contributed by atoms with Gasteiger partial charge < -0.3 is 64.4 Å². The number of nitrogens with zero attached hydrogens (tertiary/aromatic N) is 2. The molecular weight excluding hydrogens is 857 g/mol. The molecule has 1 fully saturated rings. The highest BCUT2D eigenvalue weighted by molar-refractivity contribution is 6.16. The molecule has 7 N–H and O–H groups in total. The number of piperidine rings is 1. The predicted molar refractivity (Wildman–Crippen MR) is 246 cm³/mol. The fraction of sp³-hybridized carbons (Fsp3) is 0.479. The number of carbonyl (C=O) groups is 2. The van der Waals surface area contributed by atoms with Crippen LogP contribution in [0.1, 0.15) is 59.9 Å². The van der Waals surface area contributed by atoms with Gasteiger partial charge in [-0.15, -0.1) is 0 Å². The van der Waals surface area contributed by atoms with Crippen LogP contribution in [-0.2, 0) is 19.0 Å². The molecule has 0 aliphatic carbocycles. The second kappa shape index (κ2) is 18.6. The zero-order valence-corrected chi connectivity index (χ0v) is 38.4. The van der Waals surface area contributed by atoms with Crippen LogP contribution in [0.5, 0.6) is 11.5 Å². The SMILES string of the molecule is COC(=O)NC1CCN(c2cc(=O)c3nc4c(oc3c2)c2c(=O)c3c(O)c(C)c5c(c34)=C(O)[C@@](C)(O/C=C/[C@H](OC)[C@@H](C)[C@@H](O)[C@H](C)[C@H](O)[C@H](C)[C@@H](O)[C@@H](C)/C=C/C=C(/C)C(=O)N2)O5)CC1. The largest absolute Gasteiger partial charge is 0.507 e. The smallest absolute Gasteiger partial charge is 0.407 e. The molecule has 0 unspecified atom stereocenters. The Balaban J connectivity index is 1.45. The number of aromatic nitrogens is 1. The van der Waals surface area contributed by atoms with E-state index in [9.17, 15) is 44.7 Å². The second-order valence-corrected chi connectivity index (χ2v) is 17.9. The number of hydrogen-bond acceptors (Lipinski definition) is 16. The maximum Gasteiger partial charge on any atom is 0.407 e. The number of aromatic hydroxyl groups is 1. The van der Waals surface area contributed by atoms with Crippen LogP contribution in [0.4, 0.5) is 16.2 Å². The summed E-state index contributed by atoms with van der Waals surface area (Å²) in [5, 5.41) is 62.9. The Bertz CT molecular complexity index is 2850. The minimum atomic E-state index is -1.98. The van der Waals surface area contributed by atoms with Gasteiger partial charge in [0.15, 0.2) is 22.4 Å². The van der Waals surface area contributed by atoms with Gasteiger partial charge in [-0.3, -0.25) is 14.4 Å². The number of nitrogens with one attached hydrogen (secondary N) is 2. The van der Waals surface area contributed by atoms with Crippen molar-refractivity contribution >= 4 is 62.1 Å². The van der Waals surface area contributed by atoms with E-state index in [0.29, 0.717) is 31.6 Å². The number of fused-ring (bicyclic) bond motifs is 5. The molecule has 0 saturated carbocycles. The van der Waals surface area contributed by atoms with E-state index in [1.807, 2.05) is 4.90 Å². The number of phenolic OH excluding ortho intramolecular Hbond substituents is 1. The monoisotopic (exact) mass is 914 g/mol. The summed E-state index contributed by atoms with van der Waals surface area (Å²) in [4.78, 5) is 61.3. The zero-order chi connectivity index (χ0) is 48.1. The molecule has 0 spiro atoms. The van der Waals surface area contributed by atoms with Gasteiger partial charge in [0.25, 0.3) is 5.91 Å². The molecule has 4 aromatic rings. The first-order valence-corrected chi connectivity index (χ1v) is 22.0. The van der Waals surface area contributed by atoms with Crippen LogP contribution in [0.15, 0.2) is 62.3 Å². The maximum atomic E-state index is 14.8. The predicted octanol–water partition coefficient (Wildman–Crippen LogP) is 4.31. The number of phenols is 1. The van der Waals surface area contributed by atoms with Crippen molar-refractivity contribution in [1.82, 2.24) is 10.3 Å². The van der Waals surface area contributed by atoms with Gasteiger partial charge in [0, 0.05) is 91.2 Å². The van der Waals surface area contributed by atoms with Crippen LogP contribution in [0.3, 0.4) is 0 Å². The average molecular weight is 915 g/mol. The van der Waals surface area contributed by atoms with Gasteiger partial charge >= 0.3 is 11.9 Å². The number of hydrogen-bond donors (Lipinski definition) is 7. The third kappa shape index (κ3) is 8.53. The summed E-state index contributed by atoms with van der Waals surface area (Å²) in [6.45, 7) is 12.1. The van der Waals surface area contributed by atoms with Crippen LogP contribution in [0, 0.1) is 30.6 Å². The maximum absolute atomic E-state index is 14.8. The fourth-order valence-corrected chi connectivity index (χ4v) is 9.18. The number of alkyl carbamates (subject to hydrolysis) is 1. The van der Waals surface area contributed by atoms with Gasteiger partial charge in [-0.05, 0) is 32.8 Å². The molecule has 0 radical (unpaired) electrons. The first-order valence-electron chi connectivity index (χ1n) is 22.0. The number of rotatable bonds is 3. The first kappa shape index (κ1) is 47.7. The van der Waals surface area contributed by atoms with E-state index in [4.69, 9.17) is 28.3 Å². The van der Waals surface area contributed by atoms with E-state index in [0.717, 1.165) is 0 Å².